The fourth-order valence-corrected chi connectivity index (χ4v) is 3.27. The second-order valence-corrected chi connectivity index (χ2v) is 5.59. The highest BCUT2D eigenvalue weighted by atomic mass is 15.3. The third kappa shape index (κ3) is 1.31. The molecule has 1 saturated carbocycles. The lowest BCUT2D eigenvalue weighted by Crippen LogP contribution is -2.49. The molecule has 1 aliphatic carbocycles. The summed E-state index contributed by atoms with van der Waals surface area (Å²) in [4.78, 5) is 2.74. The summed E-state index contributed by atoms with van der Waals surface area (Å²) in [5, 5.41) is 3.57. The molecule has 13 heavy (non-hydrogen) atoms. The zero-order chi connectivity index (χ0) is 8.89. The van der Waals surface area contributed by atoms with Crippen molar-refractivity contribution in [1.82, 2.24) is 10.2 Å². The SMILES string of the molecule is CC1(CN2CC3CC2CN3)CCC1. The molecule has 0 amide bonds. The van der Waals surface area contributed by atoms with Gasteiger partial charge in [-0.3, -0.25) is 4.90 Å². The Morgan fingerprint density at radius 3 is 2.77 bits per heavy atom. The summed E-state index contributed by atoms with van der Waals surface area (Å²) in [6.45, 7) is 6.41. The third-order valence-electron chi connectivity index (χ3n) is 4.32. The molecule has 3 rings (SSSR count). The van der Waals surface area contributed by atoms with Crippen LogP contribution in [0.5, 0.6) is 0 Å². The predicted molar refractivity (Wildman–Crippen MR) is 53.7 cm³/mol. The van der Waals surface area contributed by atoms with E-state index in [1.54, 1.807) is 0 Å². The standard InChI is InChI=1S/C11H20N2/c1-11(3-2-4-11)8-13-7-9-5-10(13)6-12-9/h9-10,12H,2-8H2,1H3. The van der Waals surface area contributed by atoms with Gasteiger partial charge in [-0.2, -0.15) is 0 Å². The molecule has 0 aromatic carbocycles. The predicted octanol–water partition coefficient (Wildman–Crippen LogP) is 1.22. The van der Waals surface area contributed by atoms with Crippen molar-refractivity contribution in [3.05, 3.63) is 0 Å². The van der Waals surface area contributed by atoms with Crippen LogP contribution in [0.15, 0.2) is 0 Å². The lowest BCUT2D eigenvalue weighted by molar-refractivity contribution is 0.0717. The molecule has 2 unspecified atom stereocenters. The van der Waals surface area contributed by atoms with Crippen LogP contribution in [-0.2, 0) is 0 Å². The molecule has 74 valence electrons. The van der Waals surface area contributed by atoms with Gasteiger partial charge in [0.25, 0.3) is 0 Å². The molecule has 0 radical (unpaired) electrons. The number of nitrogens with one attached hydrogen (secondary N) is 1. The Hall–Kier alpha value is -0.0800. The van der Waals surface area contributed by atoms with Gasteiger partial charge in [-0.1, -0.05) is 13.3 Å². The van der Waals surface area contributed by atoms with Crippen molar-refractivity contribution in [1.29, 1.82) is 0 Å². The minimum absolute atomic E-state index is 0.685. The zero-order valence-corrected chi connectivity index (χ0v) is 8.55. The van der Waals surface area contributed by atoms with Crippen molar-refractivity contribution in [2.45, 2.75) is 44.7 Å². The normalized spacial score (nSPS) is 42.2. The summed E-state index contributed by atoms with van der Waals surface area (Å²) in [6.07, 6.45) is 5.81. The Morgan fingerprint density at radius 1 is 1.46 bits per heavy atom. The number of fused-ring (bicyclic) bond motifs is 2. The van der Waals surface area contributed by atoms with E-state index < -0.39 is 0 Å². The zero-order valence-electron chi connectivity index (χ0n) is 8.55. The van der Waals surface area contributed by atoms with Gasteiger partial charge in [-0.25, -0.2) is 0 Å². The lowest BCUT2D eigenvalue weighted by Gasteiger charge is -2.43. The van der Waals surface area contributed by atoms with Crippen LogP contribution in [0.25, 0.3) is 0 Å². The lowest BCUT2D eigenvalue weighted by atomic mass is 9.70. The molecule has 2 nitrogen and oxygen atoms in total. The van der Waals surface area contributed by atoms with Crippen LogP contribution in [0.3, 0.4) is 0 Å². The Kier molecular flexibility index (Phi) is 1.72. The molecular weight excluding hydrogens is 160 g/mol. The van der Waals surface area contributed by atoms with Gasteiger partial charge in [0, 0.05) is 31.7 Å². The summed E-state index contributed by atoms with van der Waals surface area (Å²) >= 11 is 0. The highest BCUT2D eigenvalue weighted by Gasteiger charge is 2.42. The van der Waals surface area contributed by atoms with Crippen LogP contribution in [-0.4, -0.2) is 36.6 Å². The fourth-order valence-electron chi connectivity index (χ4n) is 3.27. The maximum absolute atomic E-state index is 3.57. The average molecular weight is 180 g/mol. The number of rotatable bonds is 2. The van der Waals surface area contributed by atoms with E-state index in [-0.39, 0.29) is 0 Å². The van der Waals surface area contributed by atoms with Crippen molar-refractivity contribution < 1.29 is 0 Å². The van der Waals surface area contributed by atoms with E-state index >= 15 is 0 Å². The van der Waals surface area contributed by atoms with Gasteiger partial charge in [-0.15, -0.1) is 0 Å². The Bertz CT molecular complexity index is 210. The molecule has 3 aliphatic rings. The molecule has 1 N–H and O–H groups in total. The van der Waals surface area contributed by atoms with Crippen molar-refractivity contribution >= 4 is 0 Å². The molecule has 2 aliphatic heterocycles. The van der Waals surface area contributed by atoms with E-state index in [1.807, 2.05) is 0 Å². The molecular formula is C11H20N2. The number of piperazine rings is 1. The van der Waals surface area contributed by atoms with Gasteiger partial charge in [0.1, 0.15) is 0 Å². The summed E-state index contributed by atoms with van der Waals surface area (Å²) < 4.78 is 0. The first-order valence-corrected chi connectivity index (χ1v) is 5.73. The first kappa shape index (κ1) is 8.25. The van der Waals surface area contributed by atoms with E-state index in [0.717, 1.165) is 12.1 Å². The molecule has 2 heterocycles. The molecule has 0 spiro atoms. The maximum atomic E-state index is 3.57. The second-order valence-electron chi connectivity index (χ2n) is 5.59. The van der Waals surface area contributed by atoms with Gasteiger partial charge >= 0.3 is 0 Å². The second kappa shape index (κ2) is 2.71. The first-order valence-electron chi connectivity index (χ1n) is 5.73. The third-order valence-corrected chi connectivity index (χ3v) is 4.32. The van der Waals surface area contributed by atoms with Gasteiger partial charge in [0.2, 0.25) is 0 Å². The van der Waals surface area contributed by atoms with Crippen LogP contribution in [0.1, 0.15) is 32.6 Å². The van der Waals surface area contributed by atoms with Crippen LogP contribution < -0.4 is 5.32 Å². The number of hydrogen-bond donors (Lipinski definition) is 1. The Labute approximate surface area is 80.7 Å². The number of hydrogen-bond acceptors (Lipinski definition) is 2. The van der Waals surface area contributed by atoms with Gasteiger partial charge in [0.05, 0.1) is 0 Å². The minimum atomic E-state index is 0.685. The molecule has 2 atom stereocenters. The van der Waals surface area contributed by atoms with Crippen molar-refractivity contribution in [3.8, 4) is 0 Å². The molecule has 0 aromatic heterocycles. The summed E-state index contributed by atoms with van der Waals surface area (Å²) in [6, 6.07) is 1.70. The van der Waals surface area contributed by atoms with Crippen LogP contribution in [0, 0.1) is 5.41 Å². The van der Waals surface area contributed by atoms with Crippen LogP contribution in [0.2, 0.25) is 0 Å². The highest BCUT2D eigenvalue weighted by Crippen LogP contribution is 2.42. The van der Waals surface area contributed by atoms with Gasteiger partial charge < -0.3 is 5.32 Å². The maximum Gasteiger partial charge on any atom is 0.0236 e. The Morgan fingerprint density at radius 2 is 2.31 bits per heavy atom. The Balaban J connectivity index is 1.61. The average Bonchev–Trinajstić information content (AvgIpc) is 2.62. The van der Waals surface area contributed by atoms with Crippen molar-refractivity contribution in [2.24, 2.45) is 5.41 Å². The van der Waals surface area contributed by atoms with E-state index in [1.165, 1.54) is 45.3 Å². The molecule has 2 bridgehead atoms. The summed E-state index contributed by atoms with van der Waals surface area (Å²) in [7, 11) is 0. The van der Waals surface area contributed by atoms with Crippen LogP contribution >= 0.6 is 0 Å². The quantitative estimate of drug-likeness (QED) is 0.687. The molecule has 2 saturated heterocycles. The van der Waals surface area contributed by atoms with Crippen LogP contribution in [0.4, 0.5) is 0 Å². The van der Waals surface area contributed by atoms with E-state index in [2.05, 4.69) is 17.1 Å². The first-order chi connectivity index (χ1) is 6.25. The summed E-state index contributed by atoms with van der Waals surface area (Å²) in [5.74, 6) is 0. The van der Waals surface area contributed by atoms with E-state index in [4.69, 9.17) is 0 Å². The van der Waals surface area contributed by atoms with Gasteiger partial charge in [-0.05, 0) is 24.7 Å². The van der Waals surface area contributed by atoms with E-state index in [0.29, 0.717) is 5.41 Å². The number of nitrogens with zero attached hydrogens (tertiary/aromatic N) is 1. The number of likely N-dealkylation sites (tertiary alicyclic amines) is 1. The van der Waals surface area contributed by atoms with Gasteiger partial charge in [0.15, 0.2) is 0 Å². The summed E-state index contributed by atoms with van der Waals surface area (Å²) in [5.41, 5.74) is 0.685. The van der Waals surface area contributed by atoms with Crippen molar-refractivity contribution in [3.63, 3.8) is 0 Å². The molecule has 2 heteroatoms. The monoisotopic (exact) mass is 180 g/mol. The van der Waals surface area contributed by atoms with E-state index in [9.17, 15) is 0 Å². The smallest absolute Gasteiger partial charge is 0.0236 e. The molecule has 3 fully saturated rings. The minimum Gasteiger partial charge on any atom is -0.311 e. The largest absolute Gasteiger partial charge is 0.311 e. The topological polar surface area (TPSA) is 15.3 Å². The highest BCUT2D eigenvalue weighted by molar-refractivity contribution is 5.00. The van der Waals surface area contributed by atoms with Crippen molar-refractivity contribution in [2.75, 3.05) is 19.6 Å². The fraction of sp³-hybridized carbons (Fsp3) is 1.00. The molecule has 0 aromatic rings.